The Labute approximate surface area is 135 Å². The molecule has 9 nitrogen and oxygen atoms in total. The van der Waals surface area contributed by atoms with Gasteiger partial charge in [-0.05, 0) is 0 Å². The van der Waals surface area contributed by atoms with Crippen LogP contribution in [0.2, 0.25) is 0 Å². The van der Waals surface area contributed by atoms with Crippen molar-refractivity contribution in [3.63, 3.8) is 0 Å². The fourth-order valence-corrected chi connectivity index (χ4v) is 1.37. The minimum Gasteiger partial charge on any atom is -0.469 e. The monoisotopic (exact) mass is 338 g/mol. The smallest absolute Gasteiger partial charge is 0.469 e. The molecule has 1 unspecified atom stereocenters. The van der Waals surface area contributed by atoms with Crippen molar-refractivity contribution in [1.29, 1.82) is 0 Å². The molecule has 0 saturated carbocycles. The summed E-state index contributed by atoms with van der Waals surface area (Å²) in [5, 5.41) is 9.19. The molecule has 0 aliphatic rings. The second-order valence-corrected chi connectivity index (χ2v) is 4.44. The summed E-state index contributed by atoms with van der Waals surface area (Å²) in [6, 6.07) is 0. The van der Waals surface area contributed by atoms with Crippen LogP contribution in [-0.4, -0.2) is 84.3 Å². The van der Waals surface area contributed by atoms with Crippen LogP contribution in [-0.2, 0) is 33.2 Å². The zero-order valence-corrected chi connectivity index (χ0v) is 13.7. The molecule has 0 aromatic carbocycles. The Kier molecular flexibility index (Phi) is 14.5. The molecule has 0 saturated heterocycles. The SMILES string of the molecule is COC(=O)CCOCCOCC(CO)COCCOC(=O)OC. The summed E-state index contributed by atoms with van der Waals surface area (Å²) >= 11 is 0. The van der Waals surface area contributed by atoms with E-state index in [2.05, 4.69) is 14.2 Å². The highest BCUT2D eigenvalue weighted by atomic mass is 16.7. The molecule has 0 aliphatic carbocycles. The van der Waals surface area contributed by atoms with E-state index in [-0.39, 0.29) is 51.3 Å². The van der Waals surface area contributed by atoms with Crippen molar-refractivity contribution >= 4 is 12.1 Å². The third-order valence-corrected chi connectivity index (χ3v) is 2.63. The number of methoxy groups -OCH3 is 2. The van der Waals surface area contributed by atoms with E-state index in [4.69, 9.17) is 14.2 Å². The minimum atomic E-state index is -0.761. The molecule has 1 atom stereocenters. The Morgan fingerprint density at radius 3 is 2.04 bits per heavy atom. The predicted molar refractivity (Wildman–Crippen MR) is 78.0 cm³/mol. The molecule has 0 aliphatic heterocycles. The highest BCUT2D eigenvalue weighted by Crippen LogP contribution is 1.98. The predicted octanol–water partition coefficient (Wildman–Crippen LogP) is -0.00920. The number of hydrogen-bond acceptors (Lipinski definition) is 9. The third-order valence-electron chi connectivity index (χ3n) is 2.63. The van der Waals surface area contributed by atoms with Gasteiger partial charge in [0.2, 0.25) is 0 Å². The van der Waals surface area contributed by atoms with Crippen LogP contribution in [0, 0.1) is 5.92 Å². The van der Waals surface area contributed by atoms with Gasteiger partial charge in [-0.1, -0.05) is 0 Å². The Balaban J connectivity index is 3.44. The first-order valence-electron chi connectivity index (χ1n) is 7.25. The van der Waals surface area contributed by atoms with Gasteiger partial charge in [-0.25, -0.2) is 4.79 Å². The molecule has 0 rings (SSSR count). The maximum absolute atomic E-state index is 10.8. The average molecular weight is 338 g/mol. The van der Waals surface area contributed by atoms with Gasteiger partial charge in [-0.3, -0.25) is 4.79 Å². The first-order valence-corrected chi connectivity index (χ1v) is 7.25. The molecule has 0 bridgehead atoms. The maximum Gasteiger partial charge on any atom is 0.508 e. The number of rotatable bonds is 14. The molecular weight excluding hydrogens is 312 g/mol. The molecular formula is C14H26O9. The van der Waals surface area contributed by atoms with Crippen LogP contribution < -0.4 is 0 Å². The van der Waals surface area contributed by atoms with Gasteiger partial charge in [0.05, 0.1) is 66.9 Å². The fraction of sp³-hybridized carbons (Fsp3) is 0.857. The standard InChI is InChI=1S/C14H26O9/c1-18-13(16)3-4-20-5-6-21-10-12(9-15)11-22-7-8-23-14(17)19-2/h12,15H,3-11H2,1-2H3. The van der Waals surface area contributed by atoms with Crippen LogP contribution in [0.4, 0.5) is 4.79 Å². The second-order valence-electron chi connectivity index (χ2n) is 4.44. The molecule has 23 heavy (non-hydrogen) atoms. The van der Waals surface area contributed by atoms with Gasteiger partial charge in [0.1, 0.15) is 6.61 Å². The first-order chi connectivity index (χ1) is 11.1. The van der Waals surface area contributed by atoms with E-state index in [0.717, 1.165) is 0 Å². The highest BCUT2D eigenvalue weighted by Gasteiger charge is 2.08. The second kappa shape index (κ2) is 15.5. The molecule has 136 valence electrons. The average Bonchev–Trinajstić information content (AvgIpc) is 2.57. The van der Waals surface area contributed by atoms with E-state index in [9.17, 15) is 14.7 Å². The van der Waals surface area contributed by atoms with Crippen LogP contribution in [0.3, 0.4) is 0 Å². The third kappa shape index (κ3) is 13.9. The van der Waals surface area contributed by atoms with Gasteiger partial charge in [0.15, 0.2) is 0 Å². The van der Waals surface area contributed by atoms with Crippen LogP contribution in [0.25, 0.3) is 0 Å². The number of carbonyl (C=O) groups excluding carboxylic acids is 2. The van der Waals surface area contributed by atoms with E-state index < -0.39 is 6.16 Å². The summed E-state index contributed by atoms with van der Waals surface area (Å²) < 4.78 is 29.2. The van der Waals surface area contributed by atoms with Crippen molar-refractivity contribution in [2.75, 3.05) is 67.1 Å². The van der Waals surface area contributed by atoms with E-state index in [0.29, 0.717) is 19.8 Å². The number of hydrogen-bond donors (Lipinski definition) is 1. The van der Waals surface area contributed by atoms with E-state index in [1.54, 1.807) is 0 Å². The van der Waals surface area contributed by atoms with Gasteiger partial charge in [-0.2, -0.15) is 0 Å². The molecule has 0 fully saturated rings. The number of esters is 1. The van der Waals surface area contributed by atoms with Gasteiger partial charge in [0, 0.05) is 5.92 Å². The number of aliphatic hydroxyl groups is 1. The molecule has 0 radical (unpaired) electrons. The Hall–Kier alpha value is -1.42. The minimum absolute atomic E-state index is 0.0823. The first kappa shape index (κ1) is 21.6. The van der Waals surface area contributed by atoms with Crippen molar-refractivity contribution < 1.29 is 43.1 Å². The van der Waals surface area contributed by atoms with Crippen LogP contribution in [0.15, 0.2) is 0 Å². The van der Waals surface area contributed by atoms with Crippen molar-refractivity contribution in [2.24, 2.45) is 5.92 Å². The van der Waals surface area contributed by atoms with Gasteiger partial charge >= 0.3 is 12.1 Å². The largest absolute Gasteiger partial charge is 0.508 e. The Morgan fingerprint density at radius 2 is 1.48 bits per heavy atom. The number of carbonyl (C=O) groups is 2. The molecule has 0 spiro atoms. The van der Waals surface area contributed by atoms with E-state index in [1.165, 1.54) is 14.2 Å². The lowest BCUT2D eigenvalue weighted by molar-refractivity contribution is -0.142. The van der Waals surface area contributed by atoms with Gasteiger partial charge in [0.25, 0.3) is 0 Å². The maximum atomic E-state index is 10.8. The van der Waals surface area contributed by atoms with E-state index >= 15 is 0 Å². The topological polar surface area (TPSA) is 110 Å². The molecule has 9 heteroatoms. The van der Waals surface area contributed by atoms with Crippen molar-refractivity contribution in [2.45, 2.75) is 6.42 Å². The summed E-state index contributed by atoms with van der Waals surface area (Å²) in [4.78, 5) is 21.5. The summed E-state index contributed by atoms with van der Waals surface area (Å²) in [7, 11) is 2.55. The fourth-order valence-electron chi connectivity index (χ4n) is 1.37. The Morgan fingerprint density at radius 1 is 0.870 bits per heavy atom. The summed E-state index contributed by atoms with van der Waals surface area (Å²) in [6.07, 6.45) is -0.556. The molecule has 0 amide bonds. The lowest BCUT2D eigenvalue weighted by Crippen LogP contribution is -2.22. The zero-order valence-electron chi connectivity index (χ0n) is 13.7. The summed E-state index contributed by atoms with van der Waals surface area (Å²) in [5.74, 6) is -0.497. The molecule has 1 N–H and O–H groups in total. The Bertz CT molecular complexity index is 309. The summed E-state index contributed by atoms with van der Waals surface area (Å²) in [5.41, 5.74) is 0. The van der Waals surface area contributed by atoms with Gasteiger partial charge < -0.3 is 33.5 Å². The van der Waals surface area contributed by atoms with E-state index in [1.807, 2.05) is 0 Å². The van der Waals surface area contributed by atoms with Crippen LogP contribution >= 0.6 is 0 Å². The highest BCUT2D eigenvalue weighted by molar-refractivity contribution is 5.69. The zero-order chi connectivity index (χ0) is 17.3. The molecule has 0 aromatic heterocycles. The number of aliphatic hydroxyl groups excluding tert-OH is 1. The van der Waals surface area contributed by atoms with Crippen LogP contribution in [0.5, 0.6) is 0 Å². The molecule has 0 aromatic rings. The molecule has 0 heterocycles. The lowest BCUT2D eigenvalue weighted by Gasteiger charge is -2.15. The normalized spacial score (nSPS) is 11.8. The quantitative estimate of drug-likeness (QED) is 0.345. The van der Waals surface area contributed by atoms with Gasteiger partial charge in [-0.15, -0.1) is 0 Å². The van der Waals surface area contributed by atoms with Crippen molar-refractivity contribution in [3.8, 4) is 0 Å². The van der Waals surface area contributed by atoms with Crippen molar-refractivity contribution in [1.82, 2.24) is 0 Å². The van der Waals surface area contributed by atoms with Crippen molar-refractivity contribution in [3.05, 3.63) is 0 Å². The van der Waals surface area contributed by atoms with Crippen LogP contribution in [0.1, 0.15) is 6.42 Å². The summed E-state index contributed by atoms with van der Waals surface area (Å²) in [6.45, 7) is 1.79. The lowest BCUT2D eigenvalue weighted by atomic mass is 10.2. The number of ether oxygens (including phenoxy) is 6.